The Labute approximate surface area is 129 Å². The van der Waals surface area contributed by atoms with Crippen LogP contribution in [0.4, 0.5) is 0 Å². The largest absolute Gasteiger partial charge is 0.491 e. The maximum absolute atomic E-state index is 5.94. The summed E-state index contributed by atoms with van der Waals surface area (Å²) in [6.45, 7) is 7.15. The monoisotopic (exact) mass is 291 g/mol. The lowest BCUT2D eigenvalue weighted by Gasteiger charge is -2.19. The molecule has 1 aliphatic rings. The third kappa shape index (κ3) is 5.33. The van der Waals surface area contributed by atoms with Gasteiger partial charge in [-0.15, -0.1) is 0 Å². The molecule has 21 heavy (non-hydrogen) atoms. The molecule has 0 spiro atoms. The van der Waals surface area contributed by atoms with E-state index in [1.807, 2.05) is 7.05 Å². The van der Waals surface area contributed by atoms with Crippen molar-refractivity contribution in [3.8, 4) is 5.75 Å². The summed E-state index contributed by atoms with van der Waals surface area (Å²) in [5, 5.41) is 3.27. The zero-order valence-corrected chi connectivity index (χ0v) is 13.8. The van der Waals surface area contributed by atoms with Crippen LogP contribution >= 0.6 is 0 Å². The average Bonchev–Trinajstić information content (AvgIpc) is 2.83. The van der Waals surface area contributed by atoms with Crippen LogP contribution in [-0.4, -0.2) is 31.4 Å². The second-order valence-electron chi connectivity index (χ2n) is 6.72. The van der Waals surface area contributed by atoms with Gasteiger partial charge in [-0.3, -0.25) is 0 Å². The van der Waals surface area contributed by atoms with Gasteiger partial charge in [0.1, 0.15) is 12.4 Å². The predicted octanol–water partition coefficient (Wildman–Crippen LogP) is 3.56. The van der Waals surface area contributed by atoms with Gasteiger partial charge in [0.15, 0.2) is 0 Å². The molecule has 2 atom stereocenters. The Morgan fingerprint density at radius 3 is 2.62 bits per heavy atom. The standard InChI is InChI=1S/C18H29NO2/c1-14(19-4)5-6-15-7-9-16(10-8-15)20-13-17-11-12-18(2,3)21-17/h7-10,14,17,19H,5-6,11-13H2,1-4H3. The van der Waals surface area contributed by atoms with Gasteiger partial charge in [-0.2, -0.15) is 0 Å². The molecular formula is C18H29NO2. The van der Waals surface area contributed by atoms with E-state index in [1.165, 1.54) is 5.56 Å². The number of hydrogen-bond acceptors (Lipinski definition) is 3. The SMILES string of the molecule is CNC(C)CCc1ccc(OCC2CCC(C)(C)O2)cc1. The summed E-state index contributed by atoms with van der Waals surface area (Å²) < 4.78 is 11.8. The van der Waals surface area contributed by atoms with Crippen LogP contribution in [0.25, 0.3) is 0 Å². The lowest BCUT2D eigenvalue weighted by Crippen LogP contribution is -2.23. The highest BCUT2D eigenvalue weighted by molar-refractivity contribution is 5.27. The lowest BCUT2D eigenvalue weighted by atomic mass is 10.1. The van der Waals surface area contributed by atoms with Crippen LogP contribution in [0.2, 0.25) is 0 Å². The summed E-state index contributed by atoms with van der Waals surface area (Å²) in [6, 6.07) is 9.02. The molecule has 1 aromatic carbocycles. The van der Waals surface area contributed by atoms with Gasteiger partial charge in [-0.1, -0.05) is 12.1 Å². The first kappa shape index (κ1) is 16.3. The fraction of sp³-hybridized carbons (Fsp3) is 0.667. The molecular weight excluding hydrogens is 262 g/mol. The van der Waals surface area contributed by atoms with E-state index >= 15 is 0 Å². The van der Waals surface area contributed by atoms with Crippen molar-refractivity contribution >= 4 is 0 Å². The van der Waals surface area contributed by atoms with E-state index in [0.717, 1.165) is 31.4 Å². The van der Waals surface area contributed by atoms with Crippen molar-refractivity contribution in [3.05, 3.63) is 29.8 Å². The maximum Gasteiger partial charge on any atom is 0.119 e. The fourth-order valence-electron chi connectivity index (χ4n) is 2.66. The molecule has 0 aromatic heterocycles. The van der Waals surface area contributed by atoms with E-state index in [-0.39, 0.29) is 11.7 Å². The van der Waals surface area contributed by atoms with Crippen LogP contribution in [0.5, 0.6) is 5.75 Å². The molecule has 0 bridgehead atoms. The molecule has 2 rings (SSSR count). The van der Waals surface area contributed by atoms with Crippen molar-refractivity contribution in [1.82, 2.24) is 5.32 Å². The Morgan fingerprint density at radius 2 is 2.05 bits per heavy atom. The summed E-state index contributed by atoms with van der Waals surface area (Å²) in [4.78, 5) is 0. The Hall–Kier alpha value is -1.06. The Morgan fingerprint density at radius 1 is 1.33 bits per heavy atom. The van der Waals surface area contributed by atoms with Crippen molar-refractivity contribution in [2.24, 2.45) is 0 Å². The van der Waals surface area contributed by atoms with Crippen LogP contribution in [-0.2, 0) is 11.2 Å². The fourth-order valence-corrected chi connectivity index (χ4v) is 2.66. The van der Waals surface area contributed by atoms with Crippen molar-refractivity contribution in [2.45, 2.75) is 64.2 Å². The molecule has 118 valence electrons. The molecule has 0 aliphatic carbocycles. The minimum Gasteiger partial charge on any atom is -0.491 e. The van der Waals surface area contributed by atoms with Crippen molar-refractivity contribution in [2.75, 3.05) is 13.7 Å². The zero-order valence-electron chi connectivity index (χ0n) is 13.8. The van der Waals surface area contributed by atoms with Gasteiger partial charge in [-0.05, 0) is 71.2 Å². The van der Waals surface area contributed by atoms with Crippen molar-refractivity contribution in [3.63, 3.8) is 0 Å². The number of nitrogens with one attached hydrogen (secondary N) is 1. The molecule has 1 aliphatic heterocycles. The Kier molecular flexibility index (Phi) is 5.65. The summed E-state index contributed by atoms with van der Waals surface area (Å²) in [7, 11) is 2.01. The highest BCUT2D eigenvalue weighted by Gasteiger charge is 2.31. The molecule has 1 heterocycles. The molecule has 0 radical (unpaired) electrons. The number of hydrogen-bond donors (Lipinski definition) is 1. The molecule has 1 fully saturated rings. The van der Waals surface area contributed by atoms with Crippen LogP contribution in [0.1, 0.15) is 45.6 Å². The second kappa shape index (κ2) is 7.28. The molecule has 1 aromatic rings. The van der Waals surface area contributed by atoms with Crippen molar-refractivity contribution < 1.29 is 9.47 Å². The van der Waals surface area contributed by atoms with E-state index < -0.39 is 0 Å². The van der Waals surface area contributed by atoms with E-state index in [2.05, 4.69) is 50.4 Å². The van der Waals surface area contributed by atoms with Crippen LogP contribution in [0.15, 0.2) is 24.3 Å². The van der Waals surface area contributed by atoms with Gasteiger partial charge >= 0.3 is 0 Å². The quantitative estimate of drug-likeness (QED) is 0.833. The molecule has 2 unspecified atom stereocenters. The average molecular weight is 291 g/mol. The first-order valence-electron chi connectivity index (χ1n) is 8.05. The normalized spacial score (nSPS) is 22.2. The highest BCUT2D eigenvalue weighted by atomic mass is 16.6. The molecule has 3 heteroatoms. The summed E-state index contributed by atoms with van der Waals surface area (Å²) >= 11 is 0. The topological polar surface area (TPSA) is 30.5 Å². The number of benzene rings is 1. The number of ether oxygens (including phenoxy) is 2. The van der Waals surface area contributed by atoms with E-state index in [9.17, 15) is 0 Å². The first-order valence-corrected chi connectivity index (χ1v) is 8.05. The minimum absolute atomic E-state index is 0.0158. The molecule has 3 nitrogen and oxygen atoms in total. The molecule has 1 saturated heterocycles. The van der Waals surface area contributed by atoms with Crippen molar-refractivity contribution in [1.29, 1.82) is 0 Å². The van der Waals surface area contributed by atoms with Gasteiger partial charge in [0.2, 0.25) is 0 Å². The third-order valence-corrected chi connectivity index (χ3v) is 4.27. The second-order valence-corrected chi connectivity index (χ2v) is 6.72. The molecule has 1 N–H and O–H groups in total. The maximum atomic E-state index is 5.94. The summed E-state index contributed by atoms with van der Waals surface area (Å²) in [5.74, 6) is 0.939. The minimum atomic E-state index is 0.0158. The first-order chi connectivity index (χ1) is 9.98. The molecule has 0 saturated carbocycles. The predicted molar refractivity (Wildman–Crippen MR) is 87.0 cm³/mol. The molecule has 0 amide bonds. The highest BCUT2D eigenvalue weighted by Crippen LogP contribution is 2.29. The number of aryl methyl sites for hydroxylation is 1. The van der Waals surface area contributed by atoms with Gasteiger partial charge in [0, 0.05) is 6.04 Å². The van der Waals surface area contributed by atoms with Crippen LogP contribution in [0, 0.1) is 0 Å². The zero-order chi connectivity index (χ0) is 15.3. The lowest BCUT2D eigenvalue weighted by molar-refractivity contribution is -0.0326. The van der Waals surface area contributed by atoms with Crippen LogP contribution in [0.3, 0.4) is 0 Å². The van der Waals surface area contributed by atoms with E-state index in [4.69, 9.17) is 9.47 Å². The van der Waals surface area contributed by atoms with Gasteiger partial charge in [0.25, 0.3) is 0 Å². The number of rotatable bonds is 7. The summed E-state index contributed by atoms with van der Waals surface area (Å²) in [5.41, 5.74) is 1.38. The van der Waals surface area contributed by atoms with Gasteiger partial charge in [-0.25, -0.2) is 0 Å². The van der Waals surface area contributed by atoms with Gasteiger partial charge < -0.3 is 14.8 Å². The summed E-state index contributed by atoms with van der Waals surface area (Å²) in [6.07, 6.45) is 4.69. The Bertz CT molecular complexity index is 427. The van der Waals surface area contributed by atoms with E-state index in [1.54, 1.807) is 0 Å². The Balaban J connectivity index is 1.75. The smallest absolute Gasteiger partial charge is 0.119 e. The van der Waals surface area contributed by atoms with E-state index in [0.29, 0.717) is 12.6 Å². The van der Waals surface area contributed by atoms with Crippen LogP contribution < -0.4 is 10.1 Å². The van der Waals surface area contributed by atoms with Gasteiger partial charge in [0.05, 0.1) is 11.7 Å². The third-order valence-electron chi connectivity index (χ3n) is 4.27.